The van der Waals surface area contributed by atoms with Crippen molar-refractivity contribution in [2.75, 3.05) is 0 Å². The predicted octanol–water partition coefficient (Wildman–Crippen LogP) is 2.86. The lowest BCUT2D eigenvalue weighted by Crippen LogP contribution is -2.23. The standard InChI is InChI=1S/C20H20NO3P/c1-15(22)24-16-12-13-19-20(14-16)21(19)25(23,17-8-4-2-5-9-17)18-10-6-3-7-11-18/h2-13,16,19-20H,14H2,1H3/t16-,19-,20+,21?/m0/s1. The summed E-state index contributed by atoms with van der Waals surface area (Å²) in [7, 11) is -2.91. The summed E-state index contributed by atoms with van der Waals surface area (Å²) in [6.45, 7) is 1.42. The van der Waals surface area contributed by atoms with Crippen LogP contribution in [0.5, 0.6) is 0 Å². The molecule has 4 atom stereocenters. The highest BCUT2D eigenvalue weighted by molar-refractivity contribution is 7.76. The van der Waals surface area contributed by atoms with E-state index < -0.39 is 7.29 Å². The Balaban J connectivity index is 1.70. The van der Waals surface area contributed by atoms with Gasteiger partial charge in [-0.05, 0) is 30.3 Å². The van der Waals surface area contributed by atoms with E-state index in [-0.39, 0.29) is 24.2 Å². The largest absolute Gasteiger partial charge is 0.458 e. The molecule has 2 aromatic rings. The molecule has 1 aliphatic carbocycles. The topological polar surface area (TPSA) is 46.4 Å². The van der Waals surface area contributed by atoms with Gasteiger partial charge in [0.15, 0.2) is 0 Å². The minimum atomic E-state index is -2.91. The minimum Gasteiger partial charge on any atom is -0.458 e. The third-order valence-corrected chi connectivity index (χ3v) is 8.01. The molecule has 25 heavy (non-hydrogen) atoms. The Hall–Kier alpha value is -2.16. The fraction of sp³-hybridized carbons (Fsp3) is 0.250. The van der Waals surface area contributed by atoms with Crippen molar-refractivity contribution in [3.8, 4) is 0 Å². The second kappa shape index (κ2) is 6.29. The lowest BCUT2D eigenvalue weighted by atomic mass is 10.1. The molecule has 128 valence electrons. The molecule has 4 nitrogen and oxygen atoms in total. The van der Waals surface area contributed by atoms with Gasteiger partial charge in [0.2, 0.25) is 7.29 Å². The number of fused-ring (bicyclic) bond motifs is 1. The molecule has 1 aliphatic heterocycles. The Bertz CT molecular complexity index is 806. The smallest absolute Gasteiger partial charge is 0.303 e. The summed E-state index contributed by atoms with van der Waals surface area (Å²) < 4.78 is 21.7. The average Bonchev–Trinajstić information content (AvgIpc) is 3.36. The van der Waals surface area contributed by atoms with Crippen molar-refractivity contribution in [1.29, 1.82) is 0 Å². The van der Waals surface area contributed by atoms with E-state index in [0.717, 1.165) is 10.6 Å². The second-order valence-corrected chi connectivity index (χ2v) is 9.10. The molecule has 0 spiro atoms. The van der Waals surface area contributed by atoms with Crippen molar-refractivity contribution in [3.63, 3.8) is 0 Å². The number of carbonyl (C=O) groups excluding carboxylic acids is 1. The van der Waals surface area contributed by atoms with Gasteiger partial charge < -0.3 is 4.74 Å². The summed E-state index contributed by atoms with van der Waals surface area (Å²) in [5.74, 6) is -0.283. The number of hydrogen-bond donors (Lipinski definition) is 0. The normalized spacial score (nSPS) is 27.4. The Kier molecular flexibility index (Phi) is 4.10. The Morgan fingerprint density at radius 2 is 1.56 bits per heavy atom. The maximum atomic E-state index is 14.3. The first-order valence-electron chi connectivity index (χ1n) is 8.46. The van der Waals surface area contributed by atoms with E-state index >= 15 is 0 Å². The van der Waals surface area contributed by atoms with Crippen LogP contribution < -0.4 is 10.6 Å². The second-order valence-electron chi connectivity index (χ2n) is 6.45. The van der Waals surface area contributed by atoms with E-state index in [4.69, 9.17) is 4.74 Å². The van der Waals surface area contributed by atoms with Crippen LogP contribution in [0.3, 0.4) is 0 Å². The SMILES string of the molecule is CC(=O)O[C@H]1C=C[C@H]2[C@@H](C1)N2P(=O)(c1ccccc1)c1ccccc1. The molecule has 0 bridgehead atoms. The molecule has 0 N–H and O–H groups in total. The van der Waals surface area contributed by atoms with E-state index in [1.54, 1.807) is 0 Å². The minimum absolute atomic E-state index is 0.137. The molecular weight excluding hydrogens is 333 g/mol. The van der Waals surface area contributed by atoms with Crippen molar-refractivity contribution >= 4 is 23.9 Å². The van der Waals surface area contributed by atoms with Gasteiger partial charge in [-0.15, -0.1) is 0 Å². The Morgan fingerprint density at radius 1 is 1.00 bits per heavy atom. The van der Waals surface area contributed by atoms with Crippen molar-refractivity contribution in [3.05, 3.63) is 72.8 Å². The van der Waals surface area contributed by atoms with Crippen LogP contribution in [0, 0.1) is 0 Å². The molecule has 0 aromatic heterocycles. The number of ether oxygens (including phenoxy) is 1. The molecule has 2 aromatic carbocycles. The maximum absolute atomic E-state index is 14.3. The van der Waals surface area contributed by atoms with Crippen molar-refractivity contribution in [2.45, 2.75) is 31.5 Å². The van der Waals surface area contributed by atoms with Crippen LogP contribution in [-0.2, 0) is 14.1 Å². The number of hydrogen-bond acceptors (Lipinski definition) is 3. The van der Waals surface area contributed by atoms with Gasteiger partial charge in [-0.25, -0.2) is 4.67 Å². The highest BCUT2D eigenvalue weighted by Gasteiger charge is 2.58. The van der Waals surface area contributed by atoms with Gasteiger partial charge in [-0.3, -0.25) is 9.36 Å². The van der Waals surface area contributed by atoms with Crippen molar-refractivity contribution in [2.24, 2.45) is 0 Å². The van der Waals surface area contributed by atoms with Crippen molar-refractivity contribution < 1.29 is 14.1 Å². The lowest BCUT2D eigenvalue weighted by molar-refractivity contribution is -0.144. The van der Waals surface area contributed by atoms with Crippen LogP contribution in [0.1, 0.15) is 13.3 Å². The summed E-state index contributed by atoms with van der Waals surface area (Å²) in [4.78, 5) is 11.2. The van der Waals surface area contributed by atoms with Crippen molar-refractivity contribution in [1.82, 2.24) is 4.67 Å². The molecular formula is C20H20NO3P. The number of rotatable bonds is 4. The molecule has 4 rings (SSSR count). The summed E-state index contributed by atoms with van der Waals surface area (Å²) in [6, 6.07) is 19.6. The number of nitrogens with zero attached hydrogens (tertiary/aromatic N) is 1. The number of carbonyl (C=O) groups is 1. The summed E-state index contributed by atoms with van der Waals surface area (Å²) in [5.41, 5.74) is 0. The first kappa shape index (κ1) is 16.3. The van der Waals surface area contributed by atoms with Crippen LogP contribution in [0.4, 0.5) is 0 Å². The first-order valence-corrected chi connectivity index (χ1v) is 10.1. The molecule has 1 unspecified atom stereocenters. The third kappa shape index (κ3) is 2.86. The van der Waals surface area contributed by atoms with Gasteiger partial charge in [0.05, 0.1) is 6.04 Å². The Morgan fingerprint density at radius 3 is 2.08 bits per heavy atom. The van der Waals surface area contributed by atoms with Crippen LogP contribution in [0.15, 0.2) is 72.8 Å². The monoisotopic (exact) mass is 353 g/mol. The fourth-order valence-corrected chi connectivity index (χ4v) is 6.86. The quantitative estimate of drug-likeness (QED) is 0.367. The molecule has 0 amide bonds. The zero-order valence-electron chi connectivity index (χ0n) is 14.0. The molecule has 0 radical (unpaired) electrons. The predicted molar refractivity (Wildman–Crippen MR) is 98.5 cm³/mol. The van der Waals surface area contributed by atoms with Crippen LogP contribution >= 0.6 is 7.29 Å². The maximum Gasteiger partial charge on any atom is 0.303 e. The zero-order chi connectivity index (χ0) is 17.4. The first-order chi connectivity index (χ1) is 12.1. The zero-order valence-corrected chi connectivity index (χ0v) is 14.9. The fourth-order valence-electron chi connectivity index (χ4n) is 3.68. The highest BCUT2D eigenvalue weighted by atomic mass is 31.2. The molecule has 2 aliphatic rings. The van der Waals surface area contributed by atoms with E-state index in [1.807, 2.05) is 72.8 Å². The third-order valence-electron chi connectivity index (χ3n) is 4.80. The van der Waals surface area contributed by atoms with E-state index in [0.29, 0.717) is 6.42 Å². The average molecular weight is 353 g/mol. The summed E-state index contributed by atoms with van der Waals surface area (Å²) in [5, 5.41) is 1.68. The lowest BCUT2D eigenvalue weighted by Gasteiger charge is -2.22. The molecule has 0 saturated carbocycles. The number of esters is 1. The summed E-state index contributed by atoms with van der Waals surface area (Å²) in [6.07, 6.45) is 4.40. The van der Waals surface area contributed by atoms with Gasteiger partial charge in [0.1, 0.15) is 6.10 Å². The van der Waals surface area contributed by atoms with E-state index in [1.165, 1.54) is 6.92 Å². The molecule has 5 heteroatoms. The van der Waals surface area contributed by atoms with Gasteiger partial charge >= 0.3 is 5.97 Å². The van der Waals surface area contributed by atoms with Crippen LogP contribution in [0.2, 0.25) is 0 Å². The van der Waals surface area contributed by atoms with Gasteiger partial charge in [0.25, 0.3) is 0 Å². The van der Waals surface area contributed by atoms with E-state index in [9.17, 15) is 9.36 Å². The van der Waals surface area contributed by atoms with Crippen LogP contribution in [-0.4, -0.2) is 28.8 Å². The summed E-state index contributed by atoms with van der Waals surface area (Å²) >= 11 is 0. The highest BCUT2D eigenvalue weighted by Crippen LogP contribution is 2.60. The van der Waals surface area contributed by atoms with Gasteiger partial charge in [-0.2, -0.15) is 0 Å². The van der Waals surface area contributed by atoms with E-state index in [2.05, 4.69) is 4.67 Å². The van der Waals surface area contributed by atoms with Gasteiger partial charge in [-0.1, -0.05) is 42.5 Å². The molecule has 1 saturated heterocycles. The van der Waals surface area contributed by atoms with Gasteiger partial charge in [0, 0.05) is 30.0 Å². The Labute approximate surface area is 147 Å². The molecule has 1 heterocycles. The number of benzene rings is 2. The molecule has 1 fully saturated rings. The van der Waals surface area contributed by atoms with Crippen LogP contribution in [0.25, 0.3) is 0 Å².